The van der Waals surface area contributed by atoms with Gasteiger partial charge in [0, 0.05) is 48.5 Å². The molecule has 9 nitrogen and oxygen atoms in total. The van der Waals surface area contributed by atoms with Gasteiger partial charge in [0.05, 0.1) is 18.1 Å². The van der Waals surface area contributed by atoms with Crippen LogP contribution in [0.1, 0.15) is 17.3 Å². The molecule has 31 heavy (non-hydrogen) atoms. The summed E-state index contributed by atoms with van der Waals surface area (Å²) in [6, 6.07) is 11.5. The number of piperazine rings is 1. The summed E-state index contributed by atoms with van der Waals surface area (Å²) in [6.07, 6.45) is 0. The van der Waals surface area contributed by atoms with Gasteiger partial charge in [0.2, 0.25) is 5.91 Å². The maximum absolute atomic E-state index is 12.5. The van der Waals surface area contributed by atoms with Gasteiger partial charge in [0.1, 0.15) is 0 Å². The summed E-state index contributed by atoms with van der Waals surface area (Å²) in [4.78, 5) is 39.3. The second-order valence-corrected chi connectivity index (χ2v) is 7.34. The molecule has 1 saturated heterocycles. The Morgan fingerprint density at radius 1 is 1.13 bits per heavy atom. The number of nitro benzene ring substituents is 1. The van der Waals surface area contributed by atoms with Crippen LogP contribution in [0.3, 0.4) is 0 Å². The molecule has 0 saturated carbocycles. The van der Waals surface area contributed by atoms with Gasteiger partial charge in [-0.05, 0) is 43.3 Å². The molecule has 2 amide bonds. The highest BCUT2D eigenvalue weighted by Gasteiger charge is 2.23. The number of benzene rings is 2. The number of nitrogens with one attached hydrogen (secondary N) is 1. The van der Waals surface area contributed by atoms with Crippen molar-refractivity contribution in [1.29, 1.82) is 0 Å². The van der Waals surface area contributed by atoms with E-state index in [4.69, 9.17) is 16.3 Å². The van der Waals surface area contributed by atoms with E-state index in [1.54, 1.807) is 11.8 Å². The smallest absolute Gasteiger partial charge is 0.311 e. The van der Waals surface area contributed by atoms with Crippen molar-refractivity contribution in [2.45, 2.75) is 6.92 Å². The van der Waals surface area contributed by atoms with Gasteiger partial charge in [0.25, 0.3) is 5.91 Å². The highest BCUT2D eigenvalue weighted by atomic mass is 35.5. The van der Waals surface area contributed by atoms with Gasteiger partial charge in [-0.1, -0.05) is 11.6 Å². The van der Waals surface area contributed by atoms with Crippen molar-refractivity contribution < 1.29 is 19.2 Å². The van der Waals surface area contributed by atoms with Gasteiger partial charge in [-0.15, -0.1) is 0 Å². The Labute approximate surface area is 184 Å². The Morgan fingerprint density at radius 2 is 1.81 bits per heavy atom. The predicted molar refractivity (Wildman–Crippen MR) is 117 cm³/mol. The van der Waals surface area contributed by atoms with E-state index in [9.17, 15) is 19.7 Å². The molecule has 0 bridgehead atoms. The lowest BCUT2D eigenvalue weighted by Crippen LogP contribution is -2.51. The topological polar surface area (TPSA) is 105 Å². The summed E-state index contributed by atoms with van der Waals surface area (Å²) in [5.41, 5.74) is 0.844. The molecule has 0 radical (unpaired) electrons. The van der Waals surface area contributed by atoms with Crippen LogP contribution in [0.2, 0.25) is 5.02 Å². The quantitative estimate of drug-likeness (QED) is 0.518. The monoisotopic (exact) mass is 446 g/mol. The molecule has 1 heterocycles. The van der Waals surface area contributed by atoms with Crippen molar-refractivity contribution in [3.05, 3.63) is 63.2 Å². The van der Waals surface area contributed by atoms with Gasteiger partial charge >= 0.3 is 5.69 Å². The average Bonchev–Trinajstić information content (AvgIpc) is 2.78. The van der Waals surface area contributed by atoms with E-state index in [0.29, 0.717) is 31.2 Å². The number of carbonyl (C=O) groups is 2. The molecule has 0 aromatic heterocycles. The van der Waals surface area contributed by atoms with Gasteiger partial charge in [-0.2, -0.15) is 0 Å². The first-order valence-corrected chi connectivity index (χ1v) is 10.2. The van der Waals surface area contributed by atoms with E-state index in [0.717, 1.165) is 11.8 Å². The molecule has 0 unspecified atom stereocenters. The van der Waals surface area contributed by atoms with Crippen molar-refractivity contribution in [3.8, 4) is 5.75 Å². The number of hydrogen-bond donors (Lipinski definition) is 1. The van der Waals surface area contributed by atoms with Crippen molar-refractivity contribution in [3.63, 3.8) is 0 Å². The minimum atomic E-state index is -0.604. The molecule has 10 heteroatoms. The van der Waals surface area contributed by atoms with Crippen molar-refractivity contribution in [1.82, 2.24) is 10.2 Å². The highest BCUT2D eigenvalue weighted by molar-refractivity contribution is 6.30. The van der Waals surface area contributed by atoms with Crippen molar-refractivity contribution in [2.75, 3.05) is 44.2 Å². The summed E-state index contributed by atoms with van der Waals surface area (Å²) in [6.45, 7) is 4.22. The first kappa shape index (κ1) is 22.4. The standard InChI is InChI=1S/C21H23ClN4O5/c1-2-31-19-8-3-15(13-18(19)26(29)30)21(28)23-14-20(27)25-11-9-24(10-12-25)17-6-4-16(22)5-7-17/h3-8,13H,2,9-12,14H2,1H3,(H,23,28). The molecule has 1 aliphatic rings. The number of hydrogen-bond acceptors (Lipinski definition) is 6. The number of amides is 2. The fourth-order valence-electron chi connectivity index (χ4n) is 3.31. The van der Waals surface area contributed by atoms with Crippen molar-refractivity contribution in [2.24, 2.45) is 0 Å². The van der Waals surface area contributed by atoms with Crippen LogP contribution in [0, 0.1) is 10.1 Å². The summed E-state index contributed by atoms with van der Waals surface area (Å²) in [7, 11) is 0. The largest absolute Gasteiger partial charge is 0.487 e. The number of carbonyl (C=O) groups excluding carboxylic acids is 2. The molecule has 1 N–H and O–H groups in total. The van der Waals surface area contributed by atoms with E-state index in [1.807, 2.05) is 24.3 Å². The number of halogens is 1. The van der Waals surface area contributed by atoms with E-state index >= 15 is 0 Å². The van der Waals surface area contributed by atoms with Crippen LogP contribution in [-0.2, 0) is 4.79 Å². The zero-order valence-electron chi connectivity index (χ0n) is 17.0. The zero-order chi connectivity index (χ0) is 22.4. The Morgan fingerprint density at radius 3 is 2.42 bits per heavy atom. The number of rotatable bonds is 7. The predicted octanol–water partition coefficient (Wildman–Crippen LogP) is 2.73. The maximum Gasteiger partial charge on any atom is 0.311 e. The minimum absolute atomic E-state index is 0.0931. The van der Waals surface area contributed by atoms with Gasteiger partial charge < -0.3 is 19.9 Å². The summed E-state index contributed by atoms with van der Waals surface area (Å²) in [5.74, 6) is -0.664. The lowest BCUT2D eigenvalue weighted by molar-refractivity contribution is -0.385. The van der Waals surface area contributed by atoms with Crippen LogP contribution in [0.15, 0.2) is 42.5 Å². The molecular formula is C21H23ClN4O5. The molecule has 1 aliphatic heterocycles. The Hall–Kier alpha value is -3.33. The Kier molecular flexibility index (Phi) is 7.30. The summed E-state index contributed by atoms with van der Waals surface area (Å²) < 4.78 is 5.21. The third kappa shape index (κ3) is 5.64. The summed E-state index contributed by atoms with van der Waals surface area (Å²) >= 11 is 5.92. The van der Waals surface area contributed by atoms with Gasteiger partial charge in [-0.3, -0.25) is 19.7 Å². The molecule has 164 valence electrons. The molecule has 0 aliphatic carbocycles. The van der Waals surface area contributed by atoms with Crippen LogP contribution in [-0.4, -0.2) is 61.0 Å². The molecule has 0 spiro atoms. The van der Waals surface area contributed by atoms with Gasteiger partial charge in [-0.25, -0.2) is 0 Å². The molecule has 1 fully saturated rings. The van der Waals surface area contributed by atoms with Crippen LogP contribution in [0.5, 0.6) is 5.75 Å². The first-order chi connectivity index (χ1) is 14.9. The average molecular weight is 447 g/mol. The fourth-order valence-corrected chi connectivity index (χ4v) is 3.44. The fraction of sp³-hybridized carbons (Fsp3) is 0.333. The highest BCUT2D eigenvalue weighted by Crippen LogP contribution is 2.28. The normalized spacial score (nSPS) is 13.6. The molecule has 2 aromatic carbocycles. The second kappa shape index (κ2) is 10.1. The third-order valence-electron chi connectivity index (χ3n) is 4.94. The van der Waals surface area contributed by atoms with Crippen molar-refractivity contribution >= 4 is 34.8 Å². The zero-order valence-corrected chi connectivity index (χ0v) is 17.8. The molecular weight excluding hydrogens is 424 g/mol. The van der Waals surface area contributed by atoms with E-state index in [1.165, 1.54) is 12.1 Å². The number of anilines is 1. The Bertz CT molecular complexity index is 959. The number of ether oxygens (including phenoxy) is 1. The maximum atomic E-state index is 12.5. The van der Waals surface area contributed by atoms with Crippen LogP contribution >= 0.6 is 11.6 Å². The SMILES string of the molecule is CCOc1ccc(C(=O)NCC(=O)N2CCN(c3ccc(Cl)cc3)CC2)cc1[N+](=O)[O-]. The minimum Gasteiger partial charge on any atom is -0.487 e. The van der Waals surface area contributed by atoms with E-state index in [-0.39, 0.29) is 36.1 Å². The first-order valence-electron chi connectivity index (χ1n) is 9.86. The summed E-state index contributed by atoms with van der Waals surface area (Å²) in [5, 5.41) is 14.4. The lowest BCUT2D eigenvalue weighted by Gasteiger charge is -2.36. The second-order valence-electron chi connectivity index (χ2n) is 6.90. The van der Waals surface area contributed by atoms with E-state index in [2.05, 4.69) is 10.2 Å². The van der Waals surface area contributed by atoms with E-state index < -0.39 is 10.8 Å². The van der Waals surface area contributed by atoms with Crippen LogP contribution < -0.4 is 15.0 Å². The third-order valence-corrected chi connectivity index (χ3v) is 5.19. The molecule has 2 aromatic rings. The van der Waals surface area contributed by atoms with Gasteiger partial charge in [0.15, 0.2) is 5.75 Å². The Balaban J connectivity index is 1.53. The van der Waals surface area contributed by atoms with Crippen LogP contribution in [0.4, 0.5) is 11.4 Å². The number of nitrogens with zero attached hydrogens (tertiary/aromatic N) is 3. The number of nitro groups is 1. The molecule has 0 atom stereocenters. The lowest BCUT2D eigenvalue weighted by atomic mass is 10.1. The van der Waals surface area contributed by atoms with Crippen LogP contribution in [0.25, 0.3) is 0 Å². The molecule has 3 rings (SSSR count).